The van der Waals surface area contributed by atoms with E-state index in [4.69, 9.17) is 0 Å². The number of hydrogen-bond acceptors (Lipinski definition) is 4. The van der Waals surface area contributed by atoms with Gasteiger partial charge in [0.15, 0.2) is 0 Å². The minimum Gasteiger partial charge on any atom is -0.388 e. The zero-order valence-electron chi connectivity index (χ0n) is 12.3. The van der Waals surface area contributed by atoms with E-state index >= 15 is 0 Å². The van der Waals surface area contributed by atoms with Crippen molar-refractivity contribution < 1.29 is 5.11 Å². The molecule has 20 heavy (non-hydrogen) atoms. The predicted octanol–water partition coefficient (Wildman–Crippen LogP) is 2.58. The van der Waals surface area contributed by atoms with Crippen molar-refractivity contribution >= 4 is 0 Å². The fourth-order valence-electron chi connectivity index (χ4n) is 2.19. The molecule has 106 valence electrons. The Morgan fingerprint density at radius 2 is 1.95 bits per heavy atom. The third-order valence-corrected chi connectivity index (χ3v) is 3.42. The first-order valence-electron chi connectivity index (χ1n) is 7.09. The monoisotopic (exact) mass is 271 g/mol. The summed E-state index contributed by atoms with van der Waals surface area (Å²) in [6, 6.07) is 5.96. The molecule has 2 heterocycles. The van der Waals surface area contributed by atoms with Gasteiger partial charge in [0.05, 0.1) is 17.5 Å². The van der Waals surface area contributed by atoms with Crippen LogP contribution < -0.4 is 0 Å². The van der Waals surface area contributed by atoms with Crippen molar-refractivity contribution in [3.05, 3.63) is 52.6 Å². The highest BCUT2D eigenvalue weighted by Crippen LogP contribution is 2.21. The molecule has 0 spiro atoms. The van der Waals surface area contributed by atoms with Crippen LogP contribution in [0.15, 0.2) is 24.4 Å². The Bertz CT molecular complexity index is 566. The Hall–Kier alpha value is -1.81. The van der Waals surface area contributed by atoms with Crippen molar-refractivity contribution in [2.45, 2.75) is 46.1 Å². The minimum atomic E-state index is -0.584. The Balaban J connectivity index is 2.18. The molecule has 1 atom stereocenters. The quantitative estimate of drug-likeness (QED) is 0.908. The first kappa shape index (κ1) is 14.6. The van der Waals surface area contributed by atoms with Crippen LogP contribution in [0.4, 0.5) is 0 Å². The number of pyridine rings is 1. The van der Waals surface area contributed by atoms with Gasteiger partial charge in [-0.05, 0) is 37.5 Å². The molecule has 1 N–H and O–H groups in total. The van der Waals surface area contributed by atoms with E-state index in [0.29, 0.717) is 6.42 Å². The van der Waals surface area contributed by atoms with Gasteiger partial charge in [-0.3, -0.25) is 4.98 Å². The third-order valence-electron chi connectivity index (χ3n) is 3.42. The third kappa shape index (κ3) is 3.39. The van der Waals surface area contributed by atoms with Gasteiger partial charge < -0.3 is 5.11 Å². The molecule has 0 bridgehead atoms. The van der Waals surface area contributed by atoms with Crippen LogP contribution in [0.25, 0.3) is 0 Å². The molecule has 0 aliphatic rings. The molecule has 0 saturated carbocycles. The van der Waals surface area contributed by atoms with Gasteiger partial charge in [-0.1, -0.05) is 19.9 Å². The summed E-state index contributed by atoms with van der Waals surface area (Å²) in [7, 11) is 0. The van der Waals surface area contributed by atoms with Gasteiger partial charge in [-0.2, -0.15) is 10.2 Å². The number of aromatic nitrogens is 3. The van der Waals surface area contributed by atoms with Gasteiger partial charge in [-0.25, -0.2) is 0 Å². The molecule has 2 aromatic heterocycles. The van der Waals surface area contributed by atoms with E-state index in [9.17, 15) is 5.11 Å². The number of aliphatic hydroxyl groups is 1. The summed E-state index contributed by atoms with van der Waals surface area (Å²) in [6.07, 6.45) is 3.53. The summed E-state index contributed by atoms with van der Waals surface area (Å²) >= 11 is 0. The number of rotatable bonds is 5. The summed E-state index contributed by atoms with van der Waals surface area (Å²) in [5.74, 6) is 0. The summed E-state index contributed by atoms with van der Waals surface area (Å²) in [5, 5.41) is 18.6. The molecule has 0 aromatic carbocycles. The van der Waals surface area contributed by atoms with Crippen LogP contribution in [-0.2, 0) is 19.3 Å². The van der Waals surface area contributed by atoms with Crippen LogP contribution in [0, 0.1) is 6.92 Å². The van der Waals surface area contributed by atoms with E-state index in [0.717, 1.165) is 35.5 Å². The Kier molecular flexibility index (Phi) is 4.79. The molecule has 0 amide bonds. The number of nitrogens with zero attached hydrogens (tertiary/aromatic N) is 3. The largest absolute Gasteiger partial charge is 0.388 e. The van der Waals surface area contributed by atoms with E-state index in [-0.39, 0.29) is 0 Å². The Labute approximate surface area is 119 Å². The van der Waals surface area contributed by atoms with E-state index in [2.05, 4.69) is 28.2 Å². The number of aryl methyl sites for hydroxylation is 3. The Morgan fingerprint density at radius 3 is 2.55 bits per heavy atom. The molecule has 1 unspecified atom stereocenters. The summed E-state index contributed by atoms with van der Waals surface area (Å²) in [6.45, 7) is 6.01. The predicted molar refractivity (Wildman–Crippen MR) is 78.4 cm³/mol. The highest BCUT2D eigenvalue weighted by atomic mass is 16.3. The molecule has 2 rings (SSSR count). The molecule has 0 radical (unpaired) electrons. The summed E-state index contributed by atoms with van der Waals surface area (Å²) in [5.41, 5.74) is 4.64. The molecule has 0 aliphatic heterocycles. The maximum absolute atomic E-state index is 10.4. The van der Waals surface area contributed by atoms with E-state index < -0.39 is 6.10 Å². The van der Waals surface area contributed by atoms with Gasteiger partial charge in [0.25, 0.3) is 0 Å². The van der Waals surface area contributed by atoms with E-state index in [1.165, 1.54) is 5.56 Å². The summed E-state index contributed by atoms with van der Waals surface area (Å²) in [4.78, 5) is 4.40. The molecular weight excluding hydrogens is 250 g/mol. The average Bonchev–Trinajstić information content (AvgIpc) is 2.48. The van der Waals surface area contributed by atoms with Crippen LogP contribution in [0.3, 0.4) is 0 Å². The van der Waals surface area contributed by atoms with Crippen molar-refractivity contribution in [2.24, 2.45) is 0 Å². The lowest BCUT2D eigenvalue weighted by Crippen LogP contribution is -2.09. The van der Waals surface area contributed by atoms with Crippen molar-refractivity contribution in [1.29, 1.82) is 0 Å². The molecule has 4 heteroatoms. The van der Waals surface area contributed by atoms with Crippen LogP contribution in [-0.4, -0.2) is 20.3 Å². The van der Waals surface area contributed by atoms with Crippen molar-refractivity contribution in [2.75, 3.05) is 0 Å². The summed E-state index contributed by atoms with van der Waals surface area (Å²) < 4.78 is 0. The maximum atomic E-state index is 10.4. The normalized spacial score (nSPS) is 12.4. The second kappa shape index (κ2) is 6.57. The van der Waals surface area contributed by atoms with Gasteiger partial charge >= 0.3 is 0 Å². The molecular formula is C16H21N3O. The number of aliphatic hydroxyl groups excluding tert-OH is 1. The molecule has 0 fully saturated rings. The maximum Gasteiger partial charge on any atom is 0.0864 e. The first-order chi connectivity index (χ1) is 9.63. The zero-order chi connectivity index (χ0) is 14.5. The Morgan fingerprint density at radius 1 is 1.15 bits per heavy atom. The second-order valence-corrected chi connectivity index (χ2v) is 4.97. The fraction of sp³-hybridized carbons (Fsp3) is 0.438. The zero-order valence-corrected chi connectivity index (χ0v) is 12.3. The molecule has 4 nitrogen and oxygen atoms in total. The van der Waals surface area contributed by atoms with Gasteiger partial charge in [0.1, 0.15) is 0 Å². The van der Waals surface area contributed by atoms with Crippen LogP contribution in [0.2, 0.25) is 0 Å². The number of hydrogen-bond donors (Lipinski definition) is 1. The highest BCUT2D eigenvalue weighted by molar-refractivity contribution is 5.25. The lowest BCUT2D eigenvalue weighted by atomic mass is 10.0. The van der Waals surface area contributed by atoms with Crippen molar-refractivity contribution in [1.82, 2.24) is 15.2 Å². The standard InChI is InChI=1S/C16H21N3O/c1-4-12-6-7-13(17-10-12)9-16(20)14-8-11(3)18-19-15(14)5-2/h6-8,10,16,20H,4-5,9H2,1-3H3. The van der Waals surface area contributed by atoms with Gasteiger partial charge in [-0.15, -0.1) is 0 Å². The van der Waals surface area contributed by atoms with Crippen molar-refractivity contribution in [3.63, 3.8) is 0 Å². The lowest BCUT2D eigenvalue weighted by molar-refractivity contribution is 0.175. The van der Waals surface area contributed by atoms with E-state index in [1.54, 1.807) is 0 Å². The first-order valence-corrected chi connectivity index (χ1v) is 7.09. The lowest BCUT2D eigenvalue weighted by Gasteiger charge is -2.14. The molecule has 0 saturated heterocycles. The minimum absolute atomic E-state index is 0.502. The van der Waals surface area contributed by atoms with Gasteiger partial charge in [0.2, 0.25) is 0 Å². The smallest absolute Gasteiger partial charge is 0.0864 e. The molecule has 0 aliphatic carbocycles. The second-order valence-electron chi connectivity index (χ2n) is 4.97. The van der Waals surface area contributed by atoms with Crippen LogP contribution >= 0.6 is 0 Å². The van der Waals surface area contributed by atoms with Crippen molar-refractivity contribution in [3.8, 4) is 0 Å². The highest BCUT2D eigenvalue weighted by Gasteiger charge is 2.15. The topological polar surface area (TPSA) is 58.9 Å². The SMILES string of the molecule is CCc1ccc(CC(O)c2cc(C)nnc2CC)nc1. The fourth-order valence-corrected chi connectivity index (χ4v) is 2.19. The van der Waals surface area contributed by atoms with Gasteiger partial charge in [0, 0.05) is 23.9 Å². The van der Waals surface area contributed by atoms with Crippen LogP contribution in [0.5, 0.6) is 0 Å². The van der Waals surface area contributed by atoms with Crippen LogP contribution in [0.1, 0.15) is 48.2 Å². The molecule has 2 aromatic rings. The average molecular weight is 271 g/mol. The van der Waals surface area contributed by atoms with E-state index in [1.807, 2.05) is 32.2 Å².